The molecule has 2 N–H and O–H groups in total. The van der Waals surface area contributed by atoms with Gasteiger partial charge in [0.1, 0.15) is 5.75 Å². The molecular formula is C14H14N4OS. The van der Waals surface area contributed by atoms with Crippen molar-refractivity contribution < 1.29 is 4.74 Å². The van der Waals surface area contributed by atoms with Gasteiger partial charge in [-0.25, -0.2) is 4.99 Å². The number of benzene rings is 1. The van der Waals surface area contributed by atoms with Crippen molar-refractivity contribution in [2.75, 3.05) is 12.9 Å². The topological polar surface area (TPSA) is 61.8 Å². The van der Waals surface area contributed by atoms with Crippen molar-refractivity contribution in [1.82, 2.24) is 10.4 Å². The van der Waals surface area contributed by atoms with Gasteiger partial charge in [-0.2, -0.15) is 5.10 Å². The first-order valence-electron chi connectivity index (χ1n) is 6.17. The molecule has 102 valence electrons. The lowest BCUT2D eigenvalue weighted by atomic mass is 10.3. The molecule has 0 amide bonds. The third-order valence-corrected chi connectivity index (χ3v) is 3.70. The number of nitrogens with zero attached hydrogens (tertiary/aromatic N) is 2. The molecule has 0 fully saturated rings. The molecule has 1 aromatic carbocycles. The number of aliphatic imine (C=N–C) groups is 1. The molecule has 1 aliphatic heterocycles. The summed E-state index contributed by atoms with van der Waals surface area (Å²) in [5.74, 6) is 1.58. The van der Waals surface area contributed by atoms with E-state index in [2.05, 4.69) is 20.5 Å². The summed E-state index contributed by atoms with van der Waals surface area (Å²) in [6.45, 7) is 0. The third kappa shape index (κ3) is 2.85. The number of aromatic nitrogens is 1. The molecule has 2 aromatic rings. The normalized spacial score (nSPS) is 16.6. The lowest BCUT2D eigenvalue weighted by Crippen LogP contribution is -2.25. The van der Waals surface area contributed by atoms with Gasteiger partial charge in [0.2, 0.25) is 0 Å². The first kappa shape index (κ1) is 12.8. The Hall–Kier alpha value is -2.21. The van der Waals surface area contributed by atoms with Gasteiger partial charge in [-0.1, -0.05) is 17.8 Å². The quantitative estimate of drug-likeness (QED) is 0.912. The number of H-pyrrole nitrogens is 1. The van der Waals surface area contributed by atoms with Crippen LogP contribution in [0.3, 0.4) is 0 Å². The molecule has 1 aliphatic rings. The average molecular weight is 286 g/mol. The minimum absolute atomic E-state index is 0.786. The Balaban J connectivity index is 1.75. The molecule has 2 heterocycles. The van der Waals surface area contributed by atoms with Crippen molar-refractivity contribution >= 4 is 28.3 Å². The van der Waals surface area contributed by atoms with E-state index in [9.17, 15) is 0 Å². The maximum absolute atomic E-state index is 5.18. The fourth-order valence-corrected chi connectivity index (χ4v) is 2.59. The molecule has 0 bridgehead atoms. The Kier molecular flexibility index (Phi) is 3.73. The second-order valence-corrected chi connectivity index (χ2v) is 5.13. The van der Waals surface area contributed by atoms with E-state index in [4.69, 9.17) is 4.74 Å². The number of nitrogens with one attached hydrogen (secondary N) is 2. The zero-order chi connectivity index (χ0) is 13.8. The van der Waals surface area contributed by atoms with Crippen LogP contribution in [0.5, 0.6) is 5.75 Å². The van der Waals surface area contributed by atoms with Crippen molar-refractivity contribution in [3.8, 4) is 5.75 Å². The van der Waals surface area contributed by atoms with Gasteiger partial charge in [-0.15, -0.1) is 0 Å². The molecule has 0 saturated heterocycles. The summed E-state index contributed by atoms with van der Waals surface area (Å²) in [6.07, 6.45) is 1.89. The highest BCUT2D eigenvalue weighted by atomic mass is 32.2. The predicted octanol–water partition coefficient (Wildman–Crippen LogP) is 2.75. The van der Waals surface area contributed by atoms with E-state index in [-0.39, 0.29) is 0 Å². The zero-order valence-electron chi connectivity index (χ0n) is 11.0. The molecule has 0 atom stereocenters. The molecule has 0 aliphatic carbocycles. The minimum Gasteiger partial charge on any atom is -0.497 e. The summed E-state index contributed by atoms with van der Waals surface area (Å²) >= 11 is 1.63. The van der Waals surface area contributed by atoms with E-state index in [0.717, 1.165) is 33.8 Å². The molecular weight excluding hydrogens is 272 g/mol. The summed E-state index contributed by atoms with van der Waals surface area (Å²) in [5.41, 5.74) is 5.85. The second-order valence-electron chi connectivity index (χ2n) is 4.16. The Morgan fingerprint density at radius 1 is 1.30 bits per heavy atom. The van der Waals surface area contributed by atoms with Crippen LogP contribution < -0.4 is 10.2 Å². The monoisotopic (exact) mass is 286 g/mol. The van der Waals surface area contributed by atoms with Gasteiger partial charge in [0, 0.05) is 18.0 Å². The molecule has 0 spiro atoms. The van der Waals surface area contributed by atoms with E-state index in [1.54, 1.807) is 18.9 Å². The van der Waals surface area contributed by atoms with Crippen LogP contribution in [0.25, 0.3) is 0 Å². The van der Waals surface area contributed by atoms with Crippen LogP contribution in [-0.4, -0.2) is 28.7 Å². The van der Waals surface area contributed by atoms with E-state index in [1.807, 2.05) is 42.6 Å². The maximum Gasteiger partial charge on any atom is 0.182 e. The fourth-order valence-electron chi connectivity index (χ4n) is 1.82. The number of ether oxygens (including phenoxy) is 1. The molecule has 1 aromatic heterocycles. The third-order valence-electron chi connectivity index (χ3n) is 2.82. The lowest BCUT2D eigenvalue weighted by molar-refractivity contribution is 0.415. The van der Waals surface area contributed by atoms with Crippen LogP contribution in [-0.2, 0) is 0 Å². The minimum atomic E-state index is 0.786. The smallest absolute Gasteiger partial charge is 0.182 e. The number of hydrogen-bond donors (Lipinski definition) is 2. The van der Waals surface area contributed by atoms with Gasteiger partial charge >= 0.3 is 0 Å². The number of methoxy groups -OCH3 is 1. The van der Waals surface area contributed by atoms with E-state index in [1.165, 1.54) is 0 Å². The van der Waals surface area contributed by atoms with Crippen LogP contribution in [0.1, 0.15) is 5.69 Å². The van der Waals surface area contributed by atoms with Gasteiger partial charge in [0.15, 0.2) is 5.17 Å². The zero-order valence-corrected chi connectivity index (χ0v) is 11.8. The highest BCUT2D eigenvalue weighted by Gasteiger charge is 2.13. The largest absolute Gasteiger partial charge is 0.497 e. The van der Waals surface area contributed by atoms with E-state index in [0.29, 0.717) is 0 Å². The molecule has 20 heavy (non-hydrogen) atoms. The second kappa shape index (κ2) is 5.83. The van der Waals surface area contributed by atoms with Crippen molar-refractivity contribution in [3.05, 3.63) is 48.3 Å². The van der Waals surface area contributed by atoms with Gasteiger partial charge < -0.3 is 9.72 Å². The van der Waals surface area contributed by atoms with Crippen LogP contribution >= 0.6 is 11.8 Å². The summed E-state index contributed by atoms with van der Waals surface area (Å²) in [4.78, 5) is 7.66. The molecule has 5 nitrogen and oxygen atoms in total. The number of thioether (sulfide) groups is 1. The SMILES string of the molecule is COc1cccc(N=C2NN=C(c3ccc[nH]3)CS2)c1. The molecule has 0 saturated carbocycles. The number of aromatic amines is 1. The Labute approximate surface area is 121 Å². The maximum atomic E-state index is 5.18. The van der Waals surface area contributed by atoms with E-state index >= 15 is 0 Å². The summed E-state index contributed by atoms with van der Waals surface area (Å²) in [5, 5.41) is 5.13. The first-order valence-corrected chi connectivity index (χ1v) is 7.15. The highest BCUT2D eigenvalue weighted by molar-refractivity contribution is 8.14. The van der Waals surface area contributed by atoms with Crippen LogP contribution in [0.4, 0.5) is 5.69 Å². The number of amidine groups is 1. The summed E-state index contributed by atoms with van der Waals surface area (Å²) in [6, 6.07) is 11.6. The standard InChI is InChI=1S/C14H14N4OS/c1-19-11-5-2-4-10(8-11)16-14-18-17-13(9-20-14)12-6-3-7-15-12/h2-8,15H,9H2,1H3,(H,16,18). The molecule has 0 radical (unpaired) electrons. The molecule has 6 heteroatoms. The number of rotatable bonds is 3. The Morgan fingerprint density at radius 2 is 2.25 bits per heavy atom. The van der Waals surface area contributed by atoms with Crippen LogP contribution in [0.2, 0.25) is 0 Å². The van der Waals surface area contributed by atoms with Crippen LogP contribution in [0.15, 0.2) is 52.7 Å². The lowest BCUT2D eigenvalue weighted by Gasteiger charge is -2.13. The van der Waals surface area contributed by atoms with Gasteiger partial charge in [0.25, 0.3) is 0 Å². The number of hydrazone groups is 1. The fraction of sp³-hybridized carbons (Fsp3) is 0.143. The van der Waals surface area contributed by atoms with Gasteiger partial charge in [0.05, 0.1) is 24.2 Å². The number of hydrogen-bond acceptors (Lipinski definition) is 4. The Bertz CT molecular complexity index is 649. The van der Waals surface area contributed by atoms with Gasteiger partial charge in [-0.3, -0.25) is 5.43 Å². The molecule has 3 rings (SSSR count). The molecule has 0 unspecified atom stereocenters. The average Bonchev–Trinajstić information content (AvgIpc) is 3.02. The summed E-state index contributed by atoms with van der Waals surface area (Å²) in [7, 11) is 1.65. The Morgan fingerprint density at radius 3 is 2.95 bits per heavy atom. The predicted molar refractivity (Wildman–Crippen MR) is 83.0 cm³/mol. The van der Waals surface area contributed by atoms with Crippen molar-refractivity contribution in [3.63, 3.8) is 0 Å². The highest BCUT2D eigenvalue weighted by Crippen LogP contribution is 2.22. The first-order chi connectivity index (χ1) is 9.85. The van der Waals surface area contributed by atoms with Crippen molar-refractivity contribution in [1.29, 1.82) is 0 Å². The van der Waals surface area contributed by atoms with Crippen molar-refractivity contribution in [2.24, 2.45) is 10.1 Å². The van der Waals surface area contributed by atoms with E-state index < -0.39 is 0 Å². The van der Waals surface area contributed by atoms with Crippen LogP contribution in [0, 0.1) is 0 Å². The summed E-state index contributed by atoms with van der Waals surface area (Å²) < 4.78 is 5.18. The van der Waals surface area contributed by atoms with Gasteiger partial charge in [-0.05, 0) is 24.3 Å². The van der Waals surface area contributed by atoms with Crippen molar-refractivity contribution in [2.45, 2.75) is 0 Å².